The van der Waals surface area contributed by atoms with Crippen LogP contribution in [0.1, 0.15) is 0 Å². The van der Waals surface area contributed by atoms with Crippen LogP contribution in [0, 0.1) is 0 Å². The molecule has 1 heterocycles. The van der Waals surface area contributed by atoms with Gasteiger partial charge in [0.05, 0.1) is 26.8 Å². The Labute approximate surface area is 239 Å². The third kappa shape index (κ3) is 5.79. The average molecular weight is 831 g/mol. The molecule has 0 bridgehead atoms. The highest BCUT2D eigenvalue weighted by atomic mass is 79.9. The van der Waals surface area contributed by atoms with Crippen LogP contribution in [0.5, 0.6) is 34.8 Å². The van der Waals surface area contributed by atoms with Crippen LogP contribution in [0.2, 0.25) is 0 Å². The van der Waals surface area contributed by atoms with Gasteiger partial charge in [-0.25, -0.2) is 0 Å². The SMILES string of the molecule is Brc1cccc(Br)c1Oc1nnnc(Oc2c(Br)cccc2Br)c1Oc1c(Br)cccc1Br. The Morgan fingerprint density at radius 3 is 1.06 bits per heavy atom. The molecule has 0 aliphatic carbocycles. The van der Waals surface area contributed by atoms with E-state index in [2.05, 4.69) is 111 Å². The van der Waals surface area contributed by atoms with E-state index in [0.717, 1.165) is 0 Å². The second-order valence-corrected chi connectivity index (χ2v) is 11.3. The second kappa shape index (κ2) is 11.1. The standard InChI is InChI=1S/C21H9Br6N3O3/c22-10-4-1-5-11(23)16(10)31-19-20(32-17-12(24)6-2-7-13(17)25)28-30-29-21(19)33-18-14(26)8-3-9-15(18)27/h1-9H. The summed E-state index contributed by atoms with van der Waals surface area (Å²) in [4.78, 5) is 0. The van der Waals surface area contributed by atoms with E-state index in [9.17, 15) is 0 Å². The van der Waals surface area contributed by atoms with Gasteiger partial charge in [-0.2, -0.15) is 0 Å². The van der Waals surface area contributed by atoms with Crippen LogP contribution in [0.4, 0.5) is 0 Å². The van der Waals surface area contributed by atoms with E-state index < -0.39 is 0 Å². The average Bonchev–Trinajstić information content (AvgIpc) is 2.77. The first-order valence-corrected chi connectivity index (χ1v) is 13.7. The third-order valence-electron chi connectivity index (χ3n) is 4.02. The van der Waals surface area contributed by atoms with Crippen LogP contribution in [0.25, 0.3) is 0 Å². The maximum absolute atomic E-state index is 6.24. The maximum Gasteiger partial charge on any atom is 0.290 e. The Bertz CT molecular complexity index is 1210. The zero-order valence-corrected chi connectivity index (χ0v) is 25.5. The number of benzene rings is 3. The van der Waals surface area contributed by atoms with Crippen molar-refractivity contribution in [2.45, 2.75) is 0 Å². The summed E-state index contributed by atoms with van der Waals surface area (Å²) in [5.41, 5.74) is 0. The molecule has 0 spiro atoms. The van der Waals surface area contributed by atoms with Crippen molar-refractivity contribution >= 4 is 95.6 Å². The molecule has 0 amide bonds. The number of hydrogen-bond donors (Lipinski definition) is 0. The van der Waals surface area contributed by atoms with Gasteiger partial charge in [0.25, 0.3) is 17.5 Å². The van der Waals surface area contributed by atoms with E-state index >= 15 is 0 Å². The summed E-state index contributed by atoms with van der Waals surface area (Å²) in [6.07, 6.45) is 0. The van der Waals surface area contributed by atoms with Crippen LogP contribution in [-0.2, 0) is 0 Å². The zero-order chi connectivity index (χ0) is 23.5. The predicted octanol–water partition coefficient (Wildman–Crippen LogP) is 9.82. The molecule has 4 aromatic rings. The van der Waals surface area contributed by atoms with Crippen LogP contribution >= 0.6 is 95.6 Å². The lowest BCUT2D eigenvalue weighted by Gasteiger charge is -2.17. The minimum absolute atomic E-state index is 0.0541. The lowest BCUT2D eigenvalue weighted by Crippen LogP contribution is -2.03. The first kappa shape index (κ1) is 25.1. The van der Waals surface area contributed by atoms with Crippen molar-refractivity contribution in [2.75, 3.05) is 0 Å². The van der Waals surface area contributed by atoms with Gasteiger partial charge in [-0.05, 0) is 137 Å². The van der Waals surface area contributed by atoms with Crippen molar-refractivity contribution in [3.05, 3.63) is 81.4 Å². The molecular weight excluding hydrogens is 822 g/mol. The lowest BCUT2D eigenvalue weighted by molar-refractivity contribution is 0.350. The summed E-state index contributed by atoms with van der Waals surface area (Å²) in [6, 6.07) is 16.7. The minimum Gasteiger partial charge on any atom is -0.444 e. The molecule has 0 N–H and O–H groups in total. The van der Waals surface area contributed by atoms with E-state index in [-0.39, 0.29) is 17.5 Å². The van der Waals surface area contributed by atoms with Gasteiger partial charge in [0, 0.05) is 0 Å². The molecule has 1 aromatic heterocycles. The van der Waals surface area contributed by atoms with Crippen molar-refractivity contribution in [3.8, 4) is 34.8 Å². The summed E-state index contributed by atoms with van der Waals surface area (Å²) in [5, 5.41) is 12.0. The molecule has 0 saturated carbocycles. The first-order chi connectivity index (χ1) is 15.8. The molecule has 12 heteroatoms. The molecule has 0 saturated heterocycles. The molecule has 4 rings (SSSR count). The molecule has 0 aliphatic rings. The summed E-state index contributed by atoms with van der Waals surface area (Å²) >= 11 is 21.0. The monoisotopic (exact) mass is 825 g/mol. The molecule has 33 heavy (non-hydrogen) atoms. The molecule has 0 atom stereocenters. The Balaban J connectivity index is 1.85. The number of aromatic nitrogens is 3. The Hall–Kier alpha value is -1.05. The normalized spacial score (nSPS) is 10.7. The van der Waals surface area contributed by atoms with E-state index in [1.807, 2.05) is 54.6 Å². The smallest absolute Gasteiger partial charge is 0.290 e. The van der Waals surface area contributed by atoms with E-state index in [0.29, 0.717) is 44.1 Å². The van der Waals surface area contributed by atoms with Crippen molar-refractivity contribution in [3.63, 3.8) is 0 Å². The highest BCUT2D eigenvalue weighted by Gasteiger charge is 2.24. The molecule has 0 unspecified atom stereocenters. The molecule has 0 radical (unpaired) electrons. The summed E-state index contributed by atoms with van der Waals surface area (Å²) in [7, 11) is 0. The Kier molecular flexibility index (Phi) is 8.45. The Morgan fingerprint density at radius 1 is 0.424 bits per heavy atom. The number of hydrogen-bond acceptors (Lipinski definition) is 6. The van der Waals surface area contributed by atoms with Gasteiger partial charge in [-0.15, -0.1) is 0 Å². The lowest BCUT2D eigenvalue weighted by atomic mass is 10.3. The van der Waals surface area contributed by atoms with Crippen molar-refractivity contribution in [1.82, 2.24) is 15.4 Å². The zero-order valence-electron chi connectivity index (χ0n) is 16.0. The summed E-state index contributed by atoms with van der Waals surface area (Å²) in [5.74, 6) is 1.70. The van der Waals surface area contributed by atoms with Gasteiger partial charge >= 0.3 is 0 Å². The topological polar surface area (TPSA) is 66.4 Å². The maximum atomic E-state index is 6.24. The third-order valence-corrected chi connectivity index (χ3v) is 7.76. The van der Waals surface area contributed by atoms with Crippen LogP contribution in [0.3, 0.4) is 0 Å². The van der Waals surface area contributed by atoms with Gasteiger partial charge in [0.1, 0.15) is 0 Å². The van der Waals surface area contributed by atoms with E-state index in [1.54, 1.807) is 0 Å². The number of para-hydroxylation sites is 3. The summed E-state index contributed by atoms with van der Waals surface area (Å²) < 4.78 is 22.7. The van der Waals surface area contributed by atoms with Crippen LogP contribution in [0.15, 0.2) is 81.4 Å². The highest BCUT2D eigenvalue weighted by molar-refractivity contribution is 9.11. The molecular formula is C21H9Br6N3O3. The predicted molar refractivity (Wildman–Crippen MR) is 146 cm³/mol. The second-order valence-electron chi connectivity index (χ2n) is 6.19. The van der Waals surface area contributed by atoms with E-state index in [4.69, 9.17) is 14.2 Å². The van der Waals surface area contributed by atoms with Crippen molar-refractivity contribution in [2.24, 2.45) is 0 Å². The molecule has 0 aliphatic heterocycles. The fourth-order valence-corrected chi connectivity index (χ4v) is 6.02. The molecule has 6 nitrogen and oxygen atoms in total. The summed E-state index contributed by atoms with van der Waals surface area (Å²) in [6.45, 7) is 0. The molecule has 0 fully saturated rings. The first-order valence-electron chi connectivity index (χ1n) is 8.94. The number of halogens is 6. The van der Waals surface area contributed by atoms with E-state index in [1.165, 1.54) is 0 Å². The van der Waals surface area contributed by atoms with Crippen LogP contribution in [-0.4, -0.2) is 15.4 Å². The van der Waals surface area contributed by atoms with Gasteiger partial charge in [0.2, 0.25) is 0 Å². The molecule has 3 aromatic carbocycles. The fourth-order valence-electron chi connectivity index (χ4n) is 2.54. The van der Waals surface area contributed by atoms with Gasteiger partial charge in [0.15, 0.2) is 17.2 Å². The van der Waals surface area contributed by atoms with Gasteiger partial charge in [-0.1, -0.05) is 28.4 Å². The minimum atomic E-state index is 0.0541. The number of rotatable bonds is 6. The number of nitrogens with zero attached hydrogens (tertiary/aromatic N) is 3. The van der Waals surface area contributed by atoms with Gasteiger partial charge < -0.3 is 14.2 Å². The highest BCUT2D eigenvalue weighted by Crippen LogP contribution is 2.47. The molecule has 168 valence electrons. The quantitative estimate of drug-likeness (QED) is 0.193. The largest absolute Gasteiger partial charge is 0.444 e. The fraction of sp³-hybridized carbons (Fsp3) is 0. The Morgan fingerprint density at radius 2 is 0.727 bits per heavy atom. The van der Waals surface area contributed by atoms with Crippen molar-refractivity contribution < 1.29 is 14.2 Å². The van der Waals surface area contributed by atoms with Gasteiger partial charge in [-0.3, -0.25) is 0 Å². The number of ether oxygens (including phenoxy) is 3. The van der Waals surface area contributed by atoms with Crippen LogP contribution < -0.4 is 14.2 Å². The van der Waals surface area contributed by atoms with Crippen molar-refractivity contribution in [1.29, 1.82) is 0 Å².